The lowest BCUT2D eigenvalue weighted by Gasteiger charge is -2.32. The maximum Gasteiger partial charge on any atom is 0.458 e. The summed E-state index contributed by atoms with van der Waals surface area (Å²) in [7, 11) is 1.54. The molecule has 0 aromatic heterocycles. The quantitative estimate of drug-likeness (QED) is 0.558. The normalized spacial score (nSPS) is 27.4. The van der Waals surface area contributed by atoms with Crippen molar-refractivity contribution in [3.05, 3.63) is 53.6 Å². The molecule has 2 aromatic carbocycles. The van der Waals surface area contributed by atoms with E-state index in [9.17, 15) is 4.79 Å². The van der Waals surface area contributed by atoms with Crippen LogP contribution in [0.4, 0.5) is 0 Å². The lowest BCUT2D eigenvalue weighted by molar-refractivity contribution is -0.123. The molecule has 4 rings (SSSR count). The van der Waals surface area contributed by atoms with Gasteiger partial charge in [-0.3, -0.25) is 4.79 Å². The second-order valence-electron chi connectivity index (χ2n) is 9.74. The first-order valence-corrected chi connectivity index (χ1v) is 10.3. The van der Waals surface area contributed by atoms with E-state index in [2.05, 4.69) is 65.0 Å². The van der Waals surface area contributed by atoms with Crippen LogP contribution in [0.25, 0.3) is 16.8 Å². The van der Waals surface area contributed by atoms with E-state index in [0.717, 1.165) is 16.5 Å². The molecular weight excluding hydrogens is 361 g/mol. The topological polar surface area (TPSA) is 38.8 Å². The maximum atomic E-state index is 13.1. The number of hydrogen-bond donors (Lipinski definition) is 0. The molecule has 0 radical (unpaired) electrons. The molecule has 0 saturated carbocycles. The second kappa shape index (κ2) is 6.71. The van der Waals surface area contributed by atoms with Crippen molar-refractivity contribution in [1.82, 2.24) is 4.90 Å². The summed E-state index contributed by atoms with van der Waals surface area (Å²) in [5.74, 6) is 0.0805. The van der Waals surface area contributed by atoms with E-state index in [1.54, 1.807) is 0 Å². The third-order valence-corrected chi connectivity index (χ3v) is 6.86. The molecule has 4 nitrogen and oxygen atoms in total. The van der Waals surface area contributed by atoms with Crippen LogP contribution in [0.5, 0.6) is 0 Å². The van der Waals surface area contributed by atoms with Crippen molar-refractivity contribution in [2.45, 2.75) is 52.1 Å². The fraction of sp³-hybridized carbons (Fsp3) is 0.458. The van der Waals surface area contributed by atoms with Crippen LogP contribution in [0.15, 0.2) is 48.0 Å². The van der Waals surface area contributed by atoms with E-state index in [0.29, 0.717) is 12.9 Å². The van der Waals surface area contributed by atoms with Crippen LogP contribution in [0.3, 0.4) is 0 Å². The largest absolute Gasteiger partial charge is 0.458 e. The summed E-state index contributed by atoms with van der Waals surface area (Å²) in [4.78, 5) is 14.9. The van der Waals surface area contributed by atoms with Gasteiger partial charge in [-0.15, -0.1) is 0 Å². The minimum absolute atomic E-state index is 0.0805. The number of amides is 1. The number of nitrogens with zero attached hydrogens (tertiary/aromatic N) is 1. The Hall–Kier alpha value is -2.11. The highest BCUT2D eigenvalue weighted by molar-refractivity contribution is 6.46. The molecule has 1 atom stereocenters. The Morgan fingerprint density at radius 3 is 2.31 bits per heavy atom. The van der Waals surface area contributed by atoms with E-state index < -0.39 is 0 Å². The highest BCUT2D eigenvalue weighted by atomic mass is 16.7. The summed E-state index contributed by atoms with van der Waals surface area (Å²) >= 11 is 0. The number of rotatable bonds is 3. The molecule has 2 heterocycles. The predicted molar refractivity (Wildman–Crippen MR) is 119 cm³/mol. The molecule has 2 aromatic rings. The molecule has 0 aliphatic carbocycles. The van der Waals surface area contributed by atoms with E-state index in [1.807, 2.05) is 30.1 Å². The molecule has 1 amide bonds. The molecule has 5 heteroatoms. The van der Waals surface area contributed by atoms with Crippen molar-refractivity contribution in [1.29, 1.82) is 0 Å². The molecule has 2 aliphatic rings. The Labute approximate surface area is 174 Å². The van der Waals surface area contributed by atoms with Crippen molar-refractivity contribution in [2.75, 3.05) is 13.6 Å². The number of likely N-dealkylation sites (tertiary alicyclic amines) is 1. The standard InChI is InChI=1S/C24H30BNO3/c1-22(2)23(3,4)29-25(28-22)15-24(5)16-26(6)21(27)20(24)14-18-12-9-11-17-10-7-8-13-19(17)18/h7-14H,15-16H2,1-6H3/b20-14+/t24-/m0/s1. The van der Waals surface area contributed by atoms with Crippen molar-refractivity contribution in [3.63, 3.8) is 0 Å². The van der Waals surface area contributed by atoms with Crippen LogP contribution in [0, 0.1) is 5.41 Å². The van der Waals surface area contributed by atoms with Crippen LogP contribution < -0.4 is 0 Å². The van der Waals surface area contributed by atoms with Gasteiger partial charge >= 0.3 is 7.12 Å². The number of hydrogen-bond acceptors (Lipinski definition) is 3. The Balaban J connectivity index is 1.71. The molecule has 29 heavy (non-hydrogen) atoms. The van der Waals surface area contributed by atoms with E-state index >= 15 is 0 Å². The van der Waals surface area contributed by atoms with Gasteiger partial charge in [0, 0.05) is 24.6 Å². The summed E-state index contributed by atoms with van der Waals surface area (Å²) < 4.78 is 12.5. The number of carbonyl (C=O) groups excluding carboxylic acids is 1. The minimum atomic E-state index is -0.373. The molecule has 0 spiro atoms. The third kappa shape index (κ3) is 3.41. The predicted octanol–water partition coefficient (Wildman–Crippen LogP) is 4.79. The van der Waals surface area contributed by atoms with Gasteiger partial charge in [-0.1, -0.05) is 49.4 Å². The molecule has 2 fully saturated rings. The molecule has 2 saturated heterocycles. The van der Waals surface area contributed by atoms with Crippen molar-refractivity contribution >= 4 is 29.9 Å². The third-order valence-electron chi connectivity index (χ3n) is 6.86. The van der Waals surface area contributed by atoms with Gasteiger partial charge in [0.15, 0.2) is 0 Å². The SMILES string of the molecule is CN1C[C@](C)(CB2OC(C)(C)C(C)(C)O2)/C(=C/c2cccc3ccccc23)C1=O. The average Bonchev–Trinajstić information content (AvgIpc) is 2.96. The molecule has 0 unspecified atom stereocenters. The zero-order valence-electron chi connectivity index (χ0n) is 18.3. The first-order chi connectivity index (χ1) is 13.5. The fourth-order valence-electron chi connectivity index (χ4n) is 4.50. The van der Waals surface area contributed by atoms with E-state index in [-0.39, 0.29) is 29.6 Å². The van der Waals surface area contributed by atoms with Crippen LogP contribution in [0.2, 0.25) is 6.32 Å². The van der Waals surface area contributed by atoms with Gasteiger partial charge in [-0.2, -0.15) is 0 Å². The van der Waals surface area contributed by atoms with Crippen LogP contribution in [0.1, 0.15) is 40.2 Å². The Morgan fingerprint density at radius 2 is 1.62 bits per heavy atom. The number of benzene rings is 2. The Morgan fingerprint density at radius 1 is 1.00 bits per heavy atom. The van der Waals surface area contributed by atoms with Gasteiger partial charge in [0.2, 0.25) is 5.91 Å². The Kier molecular flexibility index (Phi) is 4.67. The summed E-state index contributed by atoms with van der Waals surface area (Å²) in [6.07, 6.45) is 2.71. The van der Waals surface area contributed by atoms with Gasteiger partial charge in [-0.25, -0.2) is 0 Å². The van der Waals surface area contributed by atoms with Gasteiger partial charge in [0.05, 0.1) is 11.2 Å². The number of fused-ring (bicyclic) bond motifs is 1. The monoisotopic (exact) mass is 391 g/mol. The van der Waals surface area contributed by atoms with Crippen LogP contribution in [-0.2, 0) is 14.1 Å². The summed E-state index contributed by atoms with van der Waals surface area (Å²) in [5, 5.41) is 2.33. The minimum Gasteiger partial charge on any atom is -0.403 e. The summed E-state index contributed by atoms with van der Waals surface area (Å²) in [6.45, 7) is 11.1. The second-order valence-corrected chi connectivity index (χ2v) is 9.74. The zero-order valence-corrected chi connectivity index (χ0v) is 18.3. The van der Waals surface area contributed by atoms with E-state index in [1.165, 1.54) is 5.39 Å². The molecular formula is C24H30BNO3. The lowest BCUT2D eigenvalue weighted by Crippen LogP contribution is -2.41. The zero-order chi connectivity index (χ0) is 21.0. The maximum absolute atomic E-state index is 13.1. The first kappa shape index (κ1) is 20.2. The number of carbonyl (C=O) groups is 1. The summed E-state index contributed by atoms with van der Waals surface area (Å²) in [5.41, 5.74) is 0.807. The van der Waals surface area contributed by atoms with Crippen LogP contribution >= 0.6 is 0 Å². The van der Waals surface area contributed by atoms with Gasteiger partial charge in [-0.05, 0) is 56.4 Å². The number of likely N-dealkylation sites (N-methyl/N-ethyl adjacent to an activating group) is 1. The average molecular weight is 391 g/mol. The summed E-state index contributed by atoms with van der Waals surface area (Å²) in [6, 6.07) is 14.5. The van der Waals surface area contributed by atoms with Crippen LogP contribution in [-0.4, -0.2) is 42.7 Å². The lowest BCUT2D eigenvalue weighted by atomic mass is 9.66. The fourth-order valence-corrected chi connectivity index (χ4v) is 4.50. The Bertz CT molecular complexity index is 975. The molecule has 152 valence electrons. The van der Waals surface area contributed by atoms with Crippen molar-refractivity contribution < 1.29 is 14.1 Å². The highest BCUT2D eigenvalue weighted by Crippen LogP contribution is 2.46. The van der Waals surface area contributed by atoms with Gasteiger partial charge < -0.3 is 14.2 Å². The first-order valence-electron chi connectivity index (χ1n) is 10.3. The smallest absolute Gasteiger partial charge is 0.403 e. The van der Waals surface area contributed by atoms with Gasteiger partial charge in [0.25, 0.3) is 0 Å². The molecule has 0 N–H and O–H groups in total. The van der Waals surface area contributed by atoms with Crippen molar-refractivity contribution in [3.8, 4) is 0 Å². The molecule has 2 aliphatic heterocycles. The highest BCUT2D eigenvalue weighted by Gasteiger charge is 2.55. The van der Waals surface area contributed by atoms with E-state index in [4.69, 9.17) is 9.31 Å². The van der Waals surface area contributed by atoms with Gasteiger partial charge in [0.1, 0.15) is 0 Å². The van der Waals surface area contributed by atoms with Crippen molar-refractivity contribution in [2.24, 2.45) is 5.41 Å². The molecule has 0 bridgehead atoms.